The summed E-state index contributed by atoms with van der Waals surface area (Å²) in [5.41, 5.74) is 18.8. The molecule has 1 unspecified atom stereocenters. The molecule has 0 heterocycles. The molecule has 0 bridgehead atoms. The van der Waals surface area contributed by atoms with Crippen molar-refractivity contribution in [2.45, 2.75) is 19.3 Å². The third-order valence-electron chi connectivity index (χ3n) is 11.2. The minimum Gasteiger partial charge on any atom is -0.310 e. The summed E-state index contributed by atoms with van der Waals surface area (Å²) in [5.74, 6) is 0. The molecule has 2 aliphatic carbocycles. The monoisotopic (exact) mass is 637 g/mol. The van der Waals surface area contributed by atoms with Crippen LogP contribution in [0.2, 0.25) is 0 Å². The topological polar surface area (TPSA) is 3.24 Å². The van der Waals surface area contributed by atoms with Crippen LogP contribution in [0, 0.1) is 13.8 Å². The second kappa shape index (κ2) is 10.9. The average molecular weight is 638 g/mol. The van der Waals surface area contributed by atoms with Gasteiger partial charge < -0.3 is 4.90 Å². The van der Waals surface area contributed by atoms with Crippen LogP contribution in [0.3, 0.4) is 0 Å². The number of anilines is 3. The highest BCUT2D eigenvalue weighted by atomic mass is 15.1. The number of rotatable bonds is 4. The number of benzene rings is 8. The number of hydrogen-bond donors (Lipinski definition) is 0. The molecule has 1 heteroatoms. The van der Waals surface area contributed by atoms with Crippen molar-refractivity contribution in [1.29, 1.82) is 0 Å². The SMILES string of the molecule is Cc1ccccc1-c1cccc(N(c2ccccc2)c2ccc3c(c2)C2(c4ccccc4-3)c3ccccc3-c3ccc4ccccc4c32)c1C. The van der Waals surface area contributed by atoms with Crippen molar-refractivity contribution in [3.8, 4) is 33.4 Å². The van der Waals surface area contributed by atoms with Gasteiger partial charge in [-0.15, -0.1) is 0 Å². The van der Waals surface area contributed by atoms with E-state index in [9.17, 15) is 0 Å². The highest BCUT2D eigenvalue weighted by Gasteiger charge is 2.52. The van der Waals surface area contributed by atoms with Gasteiger partial charge in [0.1, 0.15) is 0 Å². The van der Waals surface area contributed by atoms with Crippen LogP contribution in [0.25, 0.3) is 44.2 Å². The van der Waals surface area contributed by atoms with E-state index in [2.05, 4.69) is 195 Å². The van der Waals surface area contributed by atoms with Gasteiger partial charge in [-0.25, -0.2) is 0 Å². The molecule has 50 heavy (non-hydrogen) atoms. The van der Waals surface area contributed by atoms with Crippen LogP contribution < -0.4 is 4.90 Å². The van der Waals surface area contributed by atoms with Crippen molar-refractivity contribution in [3.63, 3.8) is 0 Å². The maximum atomic E-state index is 2.50. The molecule has 0 aliphatic heterocycles. The van der Waals surface area contributed by atoms with Gasteiger partial charge in [0.15, 0.2) is 0 Å². The largest absolute Gasteiger partial charge is 0.310 e. The Bertz CT molecular complexity index is 2620. The summed E-state index contributed by atoms with van der Waals surface area (Å²) in [7, 11) is 0. The van der Waals surface area contributed by atoms with Gasteiger partial charge in [-0.3, -0.25) is 0 Å². The molecule has 8 aromatic rings. The second-order valence-electron chi connectivity index (χ2n) is 13.7. The van der Waals surface area contributed by atoms with Crippen LogP contribution in [-0.4, -0.2) is 0 Å². The minimum absolute atomic E-state index is 0.449. The van der Waals surface area contributed by atoms with Gasteiger partial charge in [0, 0.05) is 17.1 Å². The van der Waals surface area contributed by atoms with Gasteiger partial charge in [0.25, 0.3) is 0 Å². The molecule has 2 aliphatic rings. The smallest absolute Gasteiger partial charge is 0.0732 e. The van der Waals surface area contributed by atoms with E-state index in [-0.39, 0.29) is 0 Å². The number of fused-ring (bicyclic) bond motifs is 12. The summed E-state index contributed by atoms with van der Waals surface area (Å²) >= 11 is 0. The van der Waals surface area contributed by atoms with E-state index in [1.165, 1.54) is 83.2 Å². The summed E-state index contributed by atoms with van der Waals surface area (Å²) in [5, 5.41) is 2.59. The molecule has 0 saturated heterocycles. The van der Waals surface area contributed by atoms with Gasteiger partial charge in [-0.1, -0.05) is 146 Å². The van der Waals surface area contributed by atoms with E-state index in [0.717, 1.165) is 11.4 Å². The van der Waals surface area contributed by atoms with Crippen molar-refractivity contribution < 1.29 is 0 Å². The molecular weight excluding hydrogens is 603 g/mol. The maximum absolute atomic E-state index is 2.50. The van der Waals surface area contributed by atoms with E-state index in [1.807, 2.05) is 0 Å². The van der Waals surface area contributed by atoms with Gasteiger partial charge >= 0.3 is 0 Å². The lowest BCUT2D eigenvalue weighted by Crippen LogP contribution is -2.26. The summed E-state index contributed by atoms with van der Waals surface area (Å²) < 4.78 is 0. The Labute approximate surface area is 293 Å². The van der Waals surface area contributed by atoms with E-state index < -0.39 is 5.41 Å². The van der Waals surface area contributed by atoms with Crippen LogP contribution in [0.1, 0.15) is 33.4 Å². The lowest BCUT2D eigenvalue weighted by molar-refractivity contribution is 0.801. The van der Waals surface area contributed by atoms with Crippen LogP contribution in [0.5, 0.6) is 0 Å². The normalized spacial score (nSPS) is 15.1. The molecule has 0 saturated carbocycles. The van der Waals surface area contributed by atoms with Gasteiger partial charge in [0.05, 0.1) is 5.41 Å². The van der Waals surface area contributed by atoms with Gasteiger partial charge in [-0.05, 0) is 122 Å². The fourth-order valence-corrected chi connectivity index (χ4v) is 9.08. The lowest BCUT2D eigenvalue weighted by Gasteiger charge is -2.33. The standard InChI is InChI=1S/C49H35N/c1-32-15-6-8-19-37(32)38-23-14-26-47(33(38)2)50(35-17-4-3-5-18-35)36-28-30-42-40-21-10-12-24-44(40)49(46(42)31-36)45-25-13-11-22-41(45)43-29-27-34-16-7-9-20-39(34)48(43)49/h3-31H,1-2H3. The zero-order valence-electron chi connectivity index (χ0n) is 28.2. The summed E-state index contributed by atoms with van der Waals surface area (Å²) in [6.07, 6.45) is 0. The molecular formula is C49H35N. The zero-order chi connectivity index (χ0) is 33.4. The number of hydrogen-bond acceptors (Lipinski definition) is 1. The fourth-order valence-electron chi connectivity index (χ4n) is 9.08. The summed E-state index contributed by atoms with van der Waals surface area (Å²) in [6.45, 7) is 4.47. The first-order valence-electron chi connectivity index (χ1n) is 17.5. The van der Waals surface area contributed by atoms with Crippen molar-refractivity contribution >= 4 is 27.8 Å². The Morgan fingerprint density at radius 1 is 0.400 bits per heavy atom. The number of nitrogens with zero attached hydrogens (tertiary/aromatic N) is 1. The Morgan fingerprint density at radius 3 is 1.78 bits per heavy atom. The van der Waals surface area contributed by atoms with Gasteiger partial charge in [0.2, 0.25) is 0 Å². The molecule has 0 amide bonds. The van der Waals surface area contributed by atoms with Crippen LogP contribution in [0.15, 0.2) is 176 Å². The molecule has 0 N–H and O–H groups in total. The van der Waals surface area contributed by atoms with E-state index in [0.29, 0.717) is 0 Å². The van der Waals surface area contributed by atoms with E-state index in [1.54, 1.807) is 0 Å². The Hall–Kier alpha value is -6.18. The Kier molecular flexibility index (Phi) is 6.29. The molecule has 0 radical (unpaired) electrons. The predicted octanol–water partition coefficient (Wildman–Crippen LogP) is 12.9. The molecule has 1 atom stereocenters. The summed E-state index contributed by atoms with van der Waals surface area (Å²) in [4.78, 5) is 2.46. The molecule has 236 valence electrons. The van der Waals surface area contributed by atoms with Gasteiger partial charge in [-0.2, -0.15) is 0 Å². The molecule has 10 rings (SSSR count). The molecule has 1 nitrogen and oxygen atoms in total. The number of aryl methyl sites for hydroxylation is 1. The summed E-state index contributed by atoms with van der Waals surface area (Å²) in [6, 6.07) is 65.3. The molecule has 1 spiro atoms. The predicted molar refractivity (Wildman–Crippen MR) is 210 cm³/mol. The highest BCUT2D eigenvalue weighted by Crippen LogP contribution is 2.64. The fraction of sp³-hybridized carbons (Fsp3) is 0.0612. The zero-order valence-corrected chi connectivity index (χ0v) is 28.2. The average Bonchev–Trinajstić information content (AvgIpc) is 3.64. The second-order valence-corrected chi connectivity index (χ2v) is 13.7. The quantitative estimate of drug-likeness (QED) is 0.186. The van der Waals surface area contributed by atoms with Crippen LogP contribution in [0.4, 0.5) is 17.1 Å². The van der Waals surface area contributed by atoms with E-state index in [4.69, 9.17) is 0 Å². The first-order chi connectivity index (χ1) is 24.7. The Morgan fingerprint density at radius 2 is 1.00 bits per heavy atom. The van der Waals surface area contributed by atoms with Crippen molar-refractivity contribution in [2.24, 2.45) is 0 Å². The highest BCUT2D eigenvalue weighted by molar-refractivity contribution is 6.04. The minimum atomic E-state index is -0.449. The van der Waals surface area contributed by atoms with Crippen molar-refractivity contribution in [2.75, 3.05) is 4.90 Å². The third-order valence-corrected chi connectivity index (χ3v) is 11.2. The van der Waals surface area contributed by atoms with Crippen molar-refractivity contribution in [3.05, 3.63) is 209 Å². The maximum Gasteiger partial charge on any atom is 0.0732 e. The molecule has 0 aromatic heterocycles. The van der Waals surface area contributed by atoms with Crippen molar-refractivity contribution in [1.82, 2.24) is 0 Å². The Balaban J connectivity index is 1.28. The molecule has 0 fully saturated rings. The third kappa shape index (κ3) is 3.89. The van der Waals surface area contributed by atoms with Crippen LogP contribution >= 0.6 is 0 Å². The lowest BCUT2D eigenvalue weighted by atomic mass is 9.69. The first kappa shape index (κ1) is 28.8. The first-order valence-corrected chi connectivity index (χ1v) is 17.5. The van der Waals surface area contributed by atoms with Crippen LogP contribution in [-0.2, 0) is 5.41 Å². The molecule has 8 aromatic carbocycles. The number of para-hydroxylation sites is 1. The van der Waals surface area contributed by atoms with E-state index >= 15 is 0 Å².